The Morgan fingerprint density at radius 1 is 1.19 bits per heavy atom. The van der Waals surface area contributed by atoms with Crippen LogP contribution in [0.15, 0.2) is 48.7 Å². The van der Waals surface area contributed by atoms with Crippen LogP contribution in [0.5, 0.6) is 0 Å². The van der Waals surface area contributed by atoms with E-state index in [1.807, 2.05) is 49.4 Å². The largest absolute Gasteiger partial charge is 0.356 e. The summed E-state index contributed by atoms with van der Waals surface area (Å²) in [5.41, 5.74) is 5.11. The van der Waals surface area contributed by atoms with Crippen molar-refractivity contribution in [3.8, 4) is 11.3 Å². The van der Waals surface area contributed by atoms with Crippen LogP contribution in [-0.2, 0) is 0 Å². The number of rotatable bonds is 5. The summed E-state index contributed by atoms with van der Waals surface area (Å²) >= 11 is 0. The van der Waals surface area contributed by atoms with Gasteiger partial charge in [-0.2, -0.15) is 0 Å². The number of benzene rings is 1. The molecule has 0 radical (unpaired) electrons. The number of nitrogens with one attached hydrogen (secondary N) is 4. The minimum Gasteiger partial charge on any atom is -0.356 e. The first-order chi connectivity index (χ1) is 15.4. The number of urea groups is 1. The van der Waals surface area contributed by atoms with E-state index in [9.17, 15) is 9.59 Å². The zero-order valence-corrected chi connectivity index (χ0v) is 18.5. The molecule has 3 aromatic rings. The van der Waals surface area contributed by atoms with Crippen molar-refractivity contribution in [2.24, 2.45) is 11.3 Å². The fourth-order valence-electron chi connectivity index (χ4n) is 5.05. The SMILES string of the molecule is CCNC(=O)Nc1cc(-c2[nH]c3c(c2Nc2ccccc2)C(=O)[C@@H]2C[C@H]3C2(C)C)ccn1. The Kier molecular flexibility index (Phi) is 4.77. The molecule has 0 saturated heterocycles. The molecule has 2 amide bonds. The monoisotopic (exact) mass is 429 g/mol. The van der Waals surface area contributed by atoms with Crippen LogP contribution in [0, 0.1) is 11.3 Å². The predicted octanol–water partition coefficient (Wildman–Crippen LogP) is 5.29. The van der Waals surface area contributed by atoms with Gasteiger partial charge in [0, 0.05) is 41.5 Å². The summed E-state index contributed by atoms with van der Waals surface area (Å²) in [6, 6.07) is 13.3. The Morgan fingerprint density at radius 2 is 1.97 bits per heavy atom. The molecule has 0 spiro atoms. The fraction of sp³-hybridized carbons (Fsp3) is 0.320. The van der Waals surface area contributed by atoms with Gasteiger partial charge in [0.15, 0.2) is 5.78 Å². The van der Waals surface area contributed by atoms with E-state index in [1.165, 1.54) is 0 Å². The van der Waals surface area contributed by atoms with Crippen molar-refractivity contribution < 1.29 is 9.59 Å². The number of ketones is 1. The maximum absolute atomic E-state index is 13.5. The zero-order valence-electron chi connectivity index (χ0n) is 18.5. The van der Waals surface area contributed by atoms with E-state index >= 15 is 0 Å². The molecule has 1 fully saturated rings. The first-order valence-corrected chi connectivity index (χ1v) is 11.0. The van der Waals surface area contributed by atoms with Crippen LogP contribution in [-0.4, -0.2) is 28.3 Å². The lowest BCUT2D eigenvalue weighted by Crippen LogP contribution is -2.51. The van der Waals surface area contributed by atoms with E-state index in [0.29, 0.717) is 18.3 Å². The molecule has 2 heterocycles. The molecule has 3 aliphatic carbocycles. The van der Waals surface area contributed by atoms with Crippen LogP contribution >= 0.6 is 0 Å². The van der Waals surface area contributed by atoms with E-state index in [4.69, 9.17) is 0 Å². The minimum atomic E-state index is -0.302. The maximum atomic E-state index is 13.5. The molecule has 0 aliphatic heterocycles. The van der Waals surface area contributed by atoms with Gasteiger partial charge in [0.25, 0.3) is 0 Å². The summed E-state index contributed by atoms with van der Waals surface area (Å²) in [6.45, 7) is 6.75. The molecule has 1 aromatic carbocycles. The predicted molar refractivity (Wildman–Crippen MR) is 125 cm³/mol. The average molecular weight is 430 g/mol. The van der Waals surface area contributed by atoms with Crippen LogP contribution < -0.4 is 16.0 Å². The number of nitrogens with zero attached hydrogens (tertiary/aromatic N) is 1. The number of anilines is 3. The van der Waals surface area contributed by atoms with Crippen LogP contribution in [0.25, 0.3) is 11.3 Å². The van der Waals surface area contributed by atoms with E-state index in [1.54, 1.807) is 6.20 Å². The highest BCUT2D eigenvalue weighted by molar-refractivity contribution is 6.10. The number of aromatic amines is 1. The number of amides is 2. The number of para-hydroxylation sites is 1. The lowest BCUT2D eigenvalue weighted by Gasteiger charge is -2.54. The summed E-state index contributed by atoms with van der Waals surface area (Å²) in [5, 5.41) is 8.96. The second-order valence-corrected chi connectivity index (χ2v) is 9.10. The number of aromatic nitrogens is 2. The normalized spacial score (nSPS) is 20.2. The van der Waals surface area contributed by atoms with Gasteiger partial charge < -0.3 is 15.6 Å². The Hall–Kier alpha value is -3.61. The number of carbonyl (C=O) groups excluding carboxylic acids is 2. The van der Waals surface area contributed by atoms with Crippen LogP contribution in [0.2, 0.25) is 0 Å². The third kappa shape index (κ3) is 3.16. The van der Waals surface area contributed by atoms with Gasteiger partial charge in [-0.1, -0.05) is 32.0 Å². The number of hydrogen-bond donors (Lipinski definition) is 4. The summed E-state index contributed by atoms with van der Waals surface area (Å²) in [4.78, 5) is 33.3. The number of H-pyrrole nitrogens is 1. The molecule has 32 heavy (non-hydrogen) atoms. The topological polar surface area (TPSA) is 98.9 Å². The zero-order chi connectivity index (χ0) is 22.5. The number of Topliss-reactive ketones (excluding diaryl/α,β-unsaturated/α-hetero) is 1. The summed E-state index contributed by atoms with van der Waals surface area (Å²) in [5.74, 6) is 1.01. The minimum absolute atomic E-state index is 0.0422. The van der Waals surface area contributed by atoms with E-state index in [2.05, 4.69) is 39.8 Å². The average Bonchev–Trinajstić information content (AvgIpc) is 3.14. The molecule has 4 N–H and O–H groups in total. The van der Waals surface area contributed by atoms with Gasteiger partial charge in [0.05, 0.1) is 16.9 Å². The molecule has 2 aromatic heterocycles. The third-order valence-corrected chi connectivity index (χ3v) is 6.88. The number of pyridine rings is 1. The standard InChI is InChI=1S/C25H27N5O2/c1-4-26-24(32)29-18-12-14(10-11-27-18)20-22(28-15-8-6-5-7-9-15)19-21(30-20)16-13-17(23(19)31)25(16,2)3/h5-12,16-17,28,30H,4,13H2,1-3H3,(H2,26,27,29,32)/t16-,17+/m1/s1. The van der Waals surface area contributed by atoms with Crippen LogP contribution in [0.1, 0.15) is 49.2 Å². The van der Waals surface area contributed by atoms with Crippen molar-refractivity contribution >= 4 is 29.0 Å². The molecule has 2 bridgehead atoms. The van der Waals surface area contributed by atoms with Gasteiger partial charge in [-0.3, -0.25) is 10.1 Å². The van der Waals surface area contributed by atoms with Crippen molar-refractivity contribution in [1.29, 1.82) is 0 Å². The maximum Gasteiger partial charge on any atom is 0.320 e. The molecule has 164 valence electrons. The van der Waals surface area contributed by atoms with Crippen molar-refractivity contribution in [3.63, 3.8) is 0 Å². The van der Waals surface area contributed by atoms with E-state index in [-0.39, 0.29) is 23.1 Å². The van der Waals surface area contributed by atoms with E-state index in [0.717, 1.165) is 40.3 Å². The molecule has 1 saturated carbocycles. The van der Waals surface area contributed by atoms with Gasteiger partial charge in [-0.15, -0.1) is 0 Å². The van der Waals surface area contributed by atoms with Crippen LogP contribution in [0.4, 0.5) is 22.0 Å². The molecule has 7 heteroatoms. The van der Waals surface area contributed by atoms with E-state index < -0.39 is 0 Å². The highest BCUT2D eigenvalue weighted by Crippen LogP contribution is 2.63. The van der Waals surface area contributed by atoms with Gasteiger partial charge in [-0.05, 0) is 43.0 Å². The van der Waals surface area contributed by atoms with Gasteiger partial charge >= 0.3 is 6.03 Å². The van der Waals surface area contributed by atoms with Crippen molar-refractivity contribution in [1.82, 2.24) is 15.3 Å². The molecule has 0 unspecified atom stereocenters. The molecule has 6 rings (SSSR count). The molecular weight excluding hydrogens is 402 g/mol. The summed E-state index contributed by atoms with van der Waals surface area (Å²) in [7, 11) is 0. The van der Waals surface area contributed by atoms with Crippen molar-refractivity contribution in [2.75, 3.05) is 17.2 Å². The highest BCUT2D eigenvalue weighted by Gasteiger charge is 2.58. The highest BCUT2D eigenvalue weighted by atomic mass is 16.2. The van der Waals surface area contributed by atoms with Gasteiger partial charge in [-0.25, -0.2) is 9.78 Å². The van der Waals surface area contributed by atoms with Crippen molar-refractivity contribution in [3.05, 3.63) is 59.9 Å². The van der Waals surface area contributed by atoms with Gasteiger partial charge in [0.2, 0.25) is 0 Å². The Morgan fingerprint density at radius 3 is 2.69 bits per heavy atom. The smallest absolute Gasteiger partial charge is 0.320 e. The molecule has 2 atom stereocenters. The number of carbonyl (C=O) groups is 2. The Bertz CT molecular complexity index is 1200. The van der Waals surface area contributed by atoms with Crippen molar-refractivity contribution in [2.45, 2.75) is 33.1 Å². The summed E-state index contributed by atoms with van der Waals surface area (Å²) < 4.78 is 0. The first-order valence-electron chi connectivity index (χ1n) is 11.0. The second-order valence-electron chi connectivity index (χ2n) is 9.10. The molecular formula is C25H27N5O2. The molecule has 3 aliphatic rings. The Balaban J connectivity index is 1.61. The first kappa shape index (κ1) is 20.3. The van der Waals surface area contributed by atoms with Gasteiger partial charge in [0.1, 0.15) is 5.82 Å². The number of hydrogen-bond acceptors (Lipinski definition) is 4. The molecule has 7 nitrogen and oxygen atoms in total. The third-order valence-electron chi connectivity index (χ3n) is 6.88. The van der Waals surface area contributed by atoms with Crippen LogP contribution in [0.3, 0.4) is 0 Å². The fourth-order valence-corrected chi connectivity index (χ4v) is 5.05. The lowest BCUT2D eigenvalue weighted by molar-refractivity contribution is 0.0196. The summed E-state index contributed by atoms with van der Waals surface area (Å²) in [6.07, 6.45) is 2.55. The second kappa shape index (κ2) is 7.51. The Labute approximate surface area is 187 Å². The lowest BCUT2D eigenvalue weighted by atomic mass is 9.48. The quantitative estimate of drug-likeness (QED) is 0.443.